The summed E-state index contributed by atoms with van der Waals surface area (Å²) in [6.07, 6.45) is 0.0921. The molecule has 1 atom stereocenters. The molecular weight excluding hydrogens is 354 g/mol. The van der Waals surface area contributed by atoms with Crippen LogP contribution in [0.1, 0.15) is 22.3 Å². The number of hydrazine groups is 1. The minimum absolute atomic E-state index is 0.0921. The maximum Gasteiger partial charge on any atom is 0.269 e. The lowest BCUT2D eigenvalue weighted by molar-refractivity contribution is -0.126. The zero-order valence-electron chi connectivity index (χ0n) is 14.2. The molecule has 0 unspecified atom stereocenters. The average molecular weight is 372 g/mol. The van der Waals surface area contributed by atoms with E-state index in [9.17, 15) is 14.4 Å². The molecule has 1 saturated heterocycles. The van der Waals surface area contributed by atoms with Gasteiger partial charge in [-0.1, -0.05) is 29.3 Å². The van der Waals surface area contributed by atoms with Crippen molar-refractivity contribution in [2.24, 2.45) is 5.92 Å². The van der Waals surface area contributed by atoms with Crippen molar-refractivity contribution < 1.29 is 14.4 Å². The maximum absolute atomic E-state index is 12.3. The van der Waals surface area contributed by atoms with E-state index in [4.69, 9.17) is 11.6 Å². The first-order valence-corrected chi connectivity index (χ1v) is 8.54. The SMILES string of the molecule is Cc1ccc(C(=O)NNC(=O)[C@H]2CC(=O)N(c3ccc(Cl)cc3)C2)cc1. The Morgan fingerprint density at radius 1 is 1.04 bits per heavy atom. The standard InChI is InChI=1S/C19H18ClN3O3/c1-12-2-4-13(5-3-12)18(25)21-22-19(26)14-10-17(24)23(11-14)16-8-6-15(20)7-9-16/h2-9,14H,10-11H2,1H3,(H,21,25)(H,22,26)/t14-/m0/s1. The summed E-state index contributed by atoms with van der Waals surface area (Å²) >= 11 is 5.86. The van der Waals surface area contributed by atoms with Crippen LogP contribution in [0, 0.1) is 12.8 Å². The minimum Gasteiger partial charge on any atom is -0.312 e. The maximum atomic E-state index is 12.3. The molecular formula is C19H18ClN3O3. The summed E-state index contributed by atoms with van der Waals surface area (Å²) in [6, 6.07) is 13.8. The van der Waals surface area contributed by atoms with Crippen molar-refractivity contribution in [1.29, 1.82) is 0 Å². The molecule has 1 aliphatic rings. The van der Waals surface area contributed by atoms with Gasteiger partial charge in [0, 0.05) is 29.2 Å². The van der Waals surface area contributed by atoms with Gasteiger partial charge in [-0.2, -0.15) is 0 Å². The number of anilines is 1. The molecule has 0 aromatic heterocycles. The van der Waals surface area contributed by atoms with Gasteiger partial charge in [-0.3, -0.25) is 25.2 Å². The second-order valence-corrected chi connectivity index (χ2v) is 6.63. The van der Waals surface area contributed by atoms with Gasteiger partial charge >= 0.3 is 0 Å². The molecule has 1 heterocycles. The normalized spacial score (nSPS) is 16.5. The van der Waals surface area contributed by atoms with Crippen molar-refractivity contribution in [3.05, 3.63) is 64.7 Å². The summed E-state index contributed by atoms with van der Waals surface area (Å²) in [5, 5.41) is 0.577. The molecule has 0 aliphatic carbocycles. The van der Waals surface area contributed by atoms with Gasteiger partial charge in [0.1, 0.15) is 0 Å². The number of nitrogens with zero attached hydrogens (tertiary/aromatic N) is 1. The van der Waals surface area contributed by atoms with Crippen LogP contribution in [0.4, 0.5) is 5.69 Å². The Morgan fingerprint density at radius 3 is 2.35 bits per heavy atom. The summed E-state index contributed by atoms with van der Waals surface area (Å²) < 4.78 is 0. The molecule has 0 spiro atoms. The highest BCUT2D eigenvalue weighted by Gasteiger charge is 2.35. The lowest BCUT2D eigenvalue weighted by atomic mass is 10.1. The van der Waals surface area contributed by atoms with E-state index in [1.165, 1.54) is 0 Å². The van der Waals surface area contributed by atoms with Gasteiger partial charge in [-0.25, -0.2) is 0 Å². The fourth-order valence-electron chi connectivity index (χ4n) is 2.75. The fourth-order valence-corrected chi connectivity index (χ4v) is 2.88. The molecule has 6 nitrogen and oxygen atoms in total. The van der Waals surface area contributed by atoms with Crippen molar-refractivity contribution in [2.75, 3.05) is 11.4 Å². The molecule has 0 bridgehead atoms. The first-order valence-electron chi connectivity index (χ1n) is 8.17. The third-order valence-corrected chi connectivity index (χ3v) is 4.50. The van der Waals surface area contributed by atoms with Crippen molar-refractivity contribution >= 4 is 35.0 Å². The summed E-state index contributed by atoms with van der Waals surface area (Å²) in [6.45, 7) is 2.18. The van der Waals surface area contributed by atoms with Gasteiger partial charge in [0.25, 0.3) is 5.91 Å². The molecule has 1 aliphatic heterocycles. The molecule has 2 N–H and O–H groups in total. The molecule has 134 valence electrons. The zero-order valence-corrected chi connectivity index (χ0v) is 14.9. The number of hydrogen-bond acceptors (Lipinski definition) is 3. The van der Waals surface area contributed by atoms with E-state index >= 15 is 0 Å². The first kappa shape index (κ1) is 17.9. The van der Waals surface area contributed by atoms with Crippen LogP contribution in [0.5, 0.6) is 0 Å². The van der Waals surface area contributed by atoms with Crippen LogP contribution in [-0.2, 0) is 9.59 Å². The van der Waals surface area contributed by atoms with Crippen molar-refractivity contribution in [3.63, 3.8) is 0 Å². The van der Waals surface area contributed by atoms with Crippen LogP contribution in [0.25, 0.3) is 0 Å². The predicted octanol–water partition coefficient (Wildman–Crippen LogP) is 2.46. The minimum atomic E-state index is -0.531. The van der Waals surface area contributed by atoms with Gasteiger partial charge in [-0.15, -0.1) is 0 Å². The quantitative estimate of drug-likeness (QED) is 0.813. The molecule has 0 radical (unpaired) electrons. The number of aryl methyl sites for hydroxylation is 1. The number of halogens is 1. The Labute approximate surface area is 156 Å². The number of carbonyl (C=O) groups excluding carboxylic acids is 3. The first-order chi connectivity index (χ1) is 12.4. The number of nitrogens with one attached hydrogen (secondary N) is 2. The third-order valence-electron chi connectivity index (χ3n) is 4.25. The number of carbonyl (C=O) groups is 3. The highest BCUT2D eigenvalue weighted by Crippen LogP contribution is 2.26. The number of hydrogen-bond donors (Lipinski definition) is 2. The molecule has 7 heteroatoms. The Bertz CT molecular complexity index is 834. The predicted molar refractivity (Wildman–Crippen MR) is 98.7 cm³/mol. The molecule has 3 amide bonds. The summed E-state index contributed by atoms with van der Waals surface area (Å²) in [4.78, 5) is 38.1. The average Bonchev–Trinajstić information content (AvgIpc) is 3.02. The third kappa shape index (κ3) is 4.03. The van der Waals surface area contributed by atoms with E-state index in [2.05, 4.69) is 10.9 Å². The van der Waals surface area contributed by atoms with Crippen LogP contribution in [0.3, 0.4) is 0 Å². The zero-order chi connectivity index (χ0) is 18.7. The number of benzene rings is 2. The van der Waals surface area contributed by atoms with Crippen molar-refractivity contribution in [2.45, 2.75) is 13.3 Å². The summed E-state index contributed by atoms with van der Waals surface area (Å²) in [5.41, 5.74) is 6.96. The second-order valence-electron chi connectivity index (χ2n) is 6.19. The van der Waals surface area contributed by atoms with Gasteiger partial charge in [0.2, 0.25) is 11.8 Å². The molecule has 2 aromatic carbocycles. The van der Waals surface area contributed by atoms with Gasteiger partial charge in [-0.05, 0) is 43.3 Å². The number of amides is 3. The van der Waals surface area contributed by atoms with E-state index < -0.39 is 17.7 Å². The van der Waals surface area contributed by atoms with E-state index in [1.54, 1.807) is 41.3 Å². The van der Waals surface area contributed by atoms with Crippen LogP contribution < -0.4 is 15.8 Å². The largest absolute Gasteiger partial charge is 0.312 e. The number of rotatable bonds is 3. The lowest BCUT2D eigenvalue weighted by Crippen LogP contribution is -2.45. The molecule has 3 rings (SSSR count). The van der Waals surface area contributed by atoms with Crippen LogP contribution in [0.15, 0.2) is 48.5 Å². The van der Waals surface area contributed by atoms with Crippen LogP contribution in [-0.4, -0.2) is 24.3 Å². The molecule has 26 heavy (non-hydrogen) atoms. The fraction of sp³-hybridized carbons (Fsp3) is 0.211. The molecule has 0 saturated carbocycles. The highest BCUT2D eigenvalue weighted by atomic mass is 35.5. The van der Waals surface area contributed by atoms with Crippen molar-refractivity contribution in [3.8, 4) is 0 Å². The van der Waals surface area contributed by atoms with Crippen molar-refractivity contribution in [1.82, 2.24) is 10.9 Å². The Balaban J connectivity index is 1.57. The van der Waals surface area contributed by atoms with E-state index in [1.807, 2.05) is 19.1 Å². The van der Waals surface area contributed by atoms with Gasteiger partial charge in [0.05, 0.1) is 5.92 Å². The topological polar surface area (TPSA) is 78.5 Å². The highest BCUT2D eigenvalue weighted by molar-refractivity contribution is 6.30. The van der Waals surface area contributed by atoms with E-state index in [-0.39, 0.29) is 18.9 Å². The molecule has 2 aromatic rings. The lowest BCUT2D eigenvalue weighted by Gasteiger charge is -2.17. The van der Waals surface area contributed by atoms with Crippen LogP contribution >= 0.6 is 11.6 Å². The van der Waals surface area contributed by atoms with Crippen LogP contribution in [0.2, 0.25) is 5.02 Å². The smallest absolute Gasteiger partial charge is 0.269 e. The Hall–Kier alpha value is -2.86. The summed E-state index contributed by atoms with van der Waals surface area (Å²) in [5.74, 6) is -1.47. The Kier molecular flexibility index (Phi) is 5.23. The summed E-state index contributed by atoms with van der Waals surface area (Å²) in [7, 11) is 0. The second kappa shape index (κ2) is 7.58. The Morgan fingerprint density at radius 2 is 1.69 bits per heavy atom. The van der Waals surface area contributed by atoms with E-state index in [0.29, 0.717) is 16.3 Å². The van der Waals surface area contributed by atoms with E-state index in [0.717, 1.165) is 5.56 Å². The van der Waals surface area contributed by atoms with Gasteiger partial charge in [0.15, 0.2) is 0 Å². The van der Waals surface area contributed by atoms with Gasteiger partial charge < -0.3 is 4.90 Å². The monoisotopic (exact) mass is 371 g/mol. The molecule has 1 fully saturated rings.